The molecule has 2 heterocycles. The van der Waals surface area contributed by atoms with Crippen LogP contribution in [0.5, 0.6) is 0 Å². The monoisotopic (exact) mass is 464 g/mol. The van der Waals surface area contributed by atoms with Gasteiger partial charge in [-0.25, -0.2) is 0 Å². The molecule has 4 atom stereocenters. The van der Waals surface area contributed by atoms with Gasteiger partial charge >= 0.3 is 0 Å². The van der Waals surface area contributed by atoms with Crippen LogP contribution < -0.4 is 0 Å². The Bertz CT molecular complexity index is 1020. The Balaban J connectivity index is 1.63. The van der Waals surface area contributed by atoms with E-state index in [0.29, 0.717) is 17.9 Å². The largest absolute Gasteiger partial charge is 0.372 e. The zero-order valence-corrected chi connectivity index (χ0v) is 19.7. The Morgan fingerprint density at radius 1 is 1.16 bits per heavy atom. The van der Waals surface area contributed by atoms with Crippen LogP contribution in [0.1, 0.15) is 63.5 Å². The van der Waals surface area contributed by atoms with Gasteiger partial charge in [-0.1, -0.05) is 48.8 Å². The molecule has 8 heteroatoms. The molecule has 0 aromatic heterocycles. The molecule has 3 fully saturated rings. The molecule has 7 nitrogen and oxygen atoms in total. The average molecular weight is 465 g/mol. The Morgan fingerprint density at radius 2 is 1.88 bits per heavy atom. The summed E-state index contributed by atoms with van der Waals surface area (Å²) in [7, 11) is -4.43. The molecule has 3 aliphatic rings. The Labute approximate surface area is 190 Å². The molecule has 32 heavy (non-hydrogen) atoms. The van der Waals surface area contributed by atoms with Crippen molar-refractivity contribution in [1.29, 1.82) is 0 Å². The van der Waals surface area contributed by atoms with E-state index in [9.17, 15) is 18.1 Å². The standard InChI is InChI=1S/C24H32O7S/c1-16-11-12-19(32(26,27)28)18(14-16)15-20-24(25,13-7-10-17-8-5-4-6-9-17)21-22(29-20)31-23(2,3)30-21/h11-12,14,17,20-22,25H,4-6,8-10,15H2,1-3H3,(H,26,27,28)/t20?,21-,22+,24+/m0/s1. The zero-order valence-electron chi connectivity index (χ0n) is 18.8. The first-order valence-corrected chi connectivity index (χ1v) is 12.7. The molecule has 2 saturated heterocycles. The van der Waals surface area contributed by atoms with Crippen molar-refractivity contribution in [2.24, 2.45) is 5.92 Å². The maximum atomic E-state index is 11.9. The summed E-state index contributed by atoms with van der Waals surface area (Å²) in [5, 5.41) is 11.7. The number of benzene rings is 1. The first kappa shape index (κ1) is 23.7. The second kappa shape index (κ2) is 8.71. The fourth-order valence-electron chi connectivity index (χ4n) is 4.98. The molecule has 1 aliphatic carbocycles. The van der Waals surface area contributed by atoms with Crippen molar-refractivity contribution in [1.82, 2.24) is 0 Å². The van der Waals surface area contributed by atoms with Gasteiger partial charge in [0, 0.05) is 12.8 Å². The second-order valence-corrected chi connectivity index (χ2v) is 11.1. The van der Waals surface area contributed by atoms with Crippen LogP contribution in [-0.2, 0) is 30.7 Å². The lowest BCUT2D eigenvalue weighted by Crippen LogP contribution is -2.48. The van der Waals surface area contributed by atoms with Gasteiger partial charge in [0.05, 0.1) is 4.90 Å². The minimum atomic E-state index is -4.43. The van der Waals surface area contributed by atoms with E-state index in [4.69, 9.17) is 14.2 Å². The van der Waals surface area contributed by atoms with Crippen molar-refractivity contribution in [3.63, 3.8) is 0 Å². The maximum Gasteiger partial charge on any atom is 0.294 e. The topological polar surface area (TPSA) is 102 Å². The van der Waals surface area contributed by atoms with Gasteiger partial charge in [0.1, 0.15) is 6.10 Å². The average Bonchev–Trinajstić information content (AvgIpc) is 3.13. The van der Waals surface area contributed by atoms with Crippen LogP contribution in [0.25, 0.3) is 0 Å². The van der Waals surface area contributed by atoms with Crippen LogP contribution in [0, 0.1) is 24.7 Å². The van der Waals surface area contributed by atoms with E-state index >= 15 is 0 Å². The fourth-order valence-corrected chi connectivity index (χ4v) is 5.69. The predicted octanol–water partition coefficient (Wildman–Crippen LogP) is 3.37. The van der Waals surface area contributed by atoms with Gasteiger partial charge in [-0.3, -0.25) is 4.55 Å². The van der Waals surface area contributed by atoms with Gasteiger partial charge in [-0.2, -0.15) is 8.42 Å². The first-order valence-electron chi connectivity index (χ1n) is 11.3. The zero-order chi connectivity index (χ0) is 23.1. The van der Waals surface area contributed by atoms with Crippen molar-refractivity contribution < 1.29 is 32.3 Å². The summed E-state index contributed by atoms with van der Waals surface area (Å²) in [4.78, 5) is -0.205. The van der Waals surface area contributed by atoms with Crippen LogP contribution in [0.4, 0.5) is 0 Å². The minimum Gasteiger partial charge on any atom is -0.372 e. The number of fused-ring (bicyclic) bond motifs is 1. The van der Waals surface area contributed by atoms with E-state index in [2.05, 4.69) is 11.8 Å². The SMILES string of the molecule is Cc1ccc(S(=O)(=O)O)c(CC2O[C@@H]3OC(C)(C)O[C@@H]3[C@@]2(O)C#CCC2CCCCC2)c1. The Morgan fingerprint density at radius 3 is 2.56 bits per heavy atom. The van der Waals surface area contributed by atoms with Crippen LogP contribution in [-0.4, -0.2) is 48.0 Å². The number of ether oxygens (including phenoxy) is 3. The summed E-state index contributed by atoms with van der Waals surface area (Å²) in [5.41, 5.74) is -0.497. The number of rotatable bonds is 4. The van der Waals surface area contributed by atoms with Gasteiger partial charge in [-0.15, -0.1) is 0 Å². The summed E-state index contributed by atoms with van der Waals surface area (Å²) in [6.45, 7) is 5.32. The summed E-state index contributed by atoms with van der Waals surface area (Å²) >= 11 is 0. The third kappa shape index (κ3) is 4.89. The highest BCUT2D eigenvalue weighted by Gasteiger charge is 2.62. The van der Waals surface area contributed by atoms with E-state index < -0.39 is 40.0 Å². The van der Waals surface area contributed by atoms with Crippen molar-refractivity contribution in [3.8, 4) is 11.8 Å². The number of aryl methyl sites for hydroxylation is 1. The molecule has 0 amide bonds. The summed E-state index contributed by atoms with van der Waals surface area (Å²) < 4.78 is 51.3. The molecule has 2 aliphatic heterocycles. The minimum absolute atomic E-state index is 0.0333. The Hall–Kier alpha value is -1.47. The molecule has 4 rings (SSSR count). The van der Waals surface area contributed by atoms with Gasteiger partial charge in [-0.05, 0) is 51.2 Å². The van der Waals surface area contributed by atoms with Crippen molar-refractivity contribution in [2.45, 2.75) is 100 Å². The quantitative estimate of drug-likeness (QED) is 0.520. The lowest BCUT2D eigenvalue weighted by Gasteiger charge is -2.30. The molecule has 0 bridgehead atoms. The van der Waals surface area contributed by atoms with Crippen molar-refractivity contribution in [3.05, 3.63) is 29.3 Å². The number of aliphatic hydroxyl groups is 1. The Kier molecular flexibility index (Phi) is 6.45. The van der Waals surface area contributed by atoms with Crippen molar-refractivity contribution in [2.75, 3.05) is 0 Å². The fraction of sp³-hybridized carbons (Fsp3) is 0.667. The third-order valence-electron chi connectivity index (χ3n) is 6.58. The van der Waals surface area contributed by atoms with Gasteiger partial charge in [0.15, 0.2) is 23.8 Å². The molecule has 0 spiro atoms. The highest BCUT2D eigenvalue weighted by molar-refractivity contribution is 7.85. The highest BCUT2D eigenvalue weighted by atomic mass is 32.2. The smallest absolute Gasteiger partial charge is 0.294 e. The third-order valence-corrected chi connectivity index (χ3v) is 7.54. The van der Waals surface area contributed by atoms with Crippen molar-refractivity contribution >= 4 is 10.1 Å². The summed E-state index contributed by atoms with van der Waals surface area (Å²) in [6.07, 6.45) is 4.19. The molecular formula is C24H32O7S. The predicted molar refractivity (Wildman–Crippen MR) is 117 cm³/mol. The van der Waals surface area contributed by atoms with Gasteiger partial charge in [0.25, 0.3) is 10.1 Å². The molecule has 1 unspecified atom stereocenters. The molecule has 176 valence electrons. The van der Waals surface area contributed by atoms with Crippen LogP contribution in [0.3, 0.4) is 0 Å². The first-order chi connectivity index (χ1) is 15.0. The highest BCUT2D eigenvalue weighted by Crippen LogP contribution is 2.44. The van der Waals surface area contributed by atoms with Gasteiger partial charge < -0.3 is 19.3 Å². The molecule has 1 aromatic carbocycles. The van der Waals surface area contributed by atoms with E-state index in [1.165, 1.54) is 25.3 Å². The van der Waals surface area contributed by atoms with Crippen LogP contribution in [0.2, 0.25) is 0 Å². The number of hydrogen-bond acceptors (Lipinski definition) is 6. The van der Waals surface area contributed by atoms with E-state index in [1.54, 1.807) is 26.0 Å². The van der Waals surface area contributed by atoms with Crippen LogP contribution >= 0.6 is 0 Å². The summed E-state index contributed by atoms with van der Waals surface area (Å²) in [5.74, 6) is 5.78. The normalized spacial score (nSPS) is 32.3. The lowest BCUT2D eigenvalue weighted by molar-refractivity contribution is -0.221. The molecule has 0 radical (unpaired) electrons. The van der Waals surface area contributed by atoms with E-state index in [0.717, 1.165) is 18.4 Å². The summed E-state index contributed by atoms with van der Waals surface area (Å²) in [6, 6.07) is 4.64. The molecular weight excluding hydrogens is 432 g/mol. The maximum absolute atomic E-state index is 11.9. The van der Waals surface area contributed by atoms with E-state index in [-0.39, 0.29) is 11.3 Å². The van der Waals surface area contributed by atoms with E-state index in [1.807, 2.05) is 6.92 Å². The molecule has 1 aromatic rings. The molecule has 1 saturated carbocycles. The van der Waals surface area contributed by atoms with Gasteiger partial charge in [0.2, 0.25) is 0 Å². The van der Waals surface area contributed by atoms with Crippen LogP contribution in [0.15, 0.2) is 23.1 Å². The lowest BCUT2D eigenvalue weighted by atomic mass is 9.85. The number of hydrogen-bond donors (Lipinski definition) is 2. The molecule has 2 N–H and O–H groups in total. The second-order valence-electron chi connectivity index (χ2n) is 9.67.